The molecule has 1 fully saturated rings. The number of aromatic nitrogens is 1. The summed E-state index contributed by atoms with van der Waals surface area (Å²) < 4.78 is 5.16. The second-order valence-electron chi connectivity index (χ2n) is 4.72. The van der Waals surface area contributed by atoms with Crippen molar-refractivity contribution in [2.75, 3.05) is 31.7 Å². The van der Waals surface area contributed by atoms with Gasteiger partial charge in [0, 0.05) is 33.0 Å². The number of carboxylic acids is 1. The second kappa shape index (κ2) is 6.21. The summed E-state index contributed by atoms with van der Waals surface area (Å²) >= 11 is 6.11. The normalized spacial score (nSPS) is 16.6. The van der Waals surface area contributed by atoms with Gasteiger partial charge < -0.3 is 14.7 Å². The summed E-state index contributed by atoms with van der Waals surface area (Å²) in [6, 6.07) is 1.45. The van der Waals surface area contributed by atoms with E-state index in [1.54, 1.807) is 7.11 Å². The van der Waals surface area contributed by atoms with Gasteiger partial charge in [-0.3, -0.25) is 0 Å². The molecule has 6 heteroatoms. The number of halogens is 1. The van der Waals surface area contributed by atoms with Crippen molar-refractivity contribution in [2.24, 2.45) is 5.92 Å². The maximum Gasteiger partial charge on any atom is 0.337 e. The number of ether oxygens (including phenoxy) is 1. The third kappa shape index (κ3) is 3.36. The lowest BCUT2D eigenvalue weighted by atomic mass is 9.98. The molecular weight excluding hydrogens is 268 g/mol. The first-order valence-electron chi connectivity index (χ1n) is 6.24. The van der Waals surface area contributed by atoms with Gasteiger partial charge in [0.05, 0.1) is 10.6 Å². The van der Waals surface area contributed by atoms with Crippen molar-refractivity contribution < 1.29 is 14.6 Å². The van der Waals surface area contributed by atoms with Gasteiger partial charge in [0.1, 0.15) is 5.82 Å². The maximum atomic E-state index is 10.8. The second-order valence-corrected chi connectivity index (χ2v) is 5.13. The number of hydrogen-bond acceptors (Lipinski definition) is 4. The summed E-state index contributed by atoms with van der Waals surface area (Å²) in [5, 5.41) is 9.27. The molecule has 1 N–H and O–H groups in total. The fourth-order valence-corrected chi connectivity index (χ4v) is 2.61. The Morgan fingerprint density at radius 1 is 1.58 bits per heavy atom. The van der Waals surface area contributed by atoms with Crippen molar-refractivity contribution in [2.45, 2.75) is 12.8 Å². The molecule has 1 aliphatic rings. The van der Waals surface area contributed by atoms with E-state index in [-0.39, 0.29) is 5.56 Å². The van der Waals surface area contributed by atoms with Crippen LogP contribution in [0, 0.1) is 5.92 Å². The van der Waals surface area contributed by atoms with E-state index in [9.17, 15) is 4.79 Å². The summed E-state index contributed by atoms with van der Waals surface area (Å²) in [5.74, 6) is 0.237. The number of anilines is 1. The van der Waals surface area contributed by atoms with Crippen LogP contribution in [0.4, 0.5) is 5.82 Å². The summed E-state index contributed by atoms with van der Waals surface area (Å²) in [6.07, 6.45) is 3.42. The molecule has 2 heterocycles. The van der Waals surface area contributed by atoms with Crippen LogP contribution < -0.4 is 4.90 Å². The van der Waals surface area contributed by atoms with E-state index < -0.39 is 5.97 Å². The smallest absolute Gasteiger partial charge is 0.337 e. The van der Waals surface area contributed by atoms with E-state index in [0.29, 0.717) is 16.8 Å². The van der Waals surface area contributed by atoms with E-state index >= 15 is 0 Å². The molecule has 0 radical (unpaired) electrons. The Morgan fingerprint density at radius 2 is 2.26 bits per heavy atom. The molecule has 19 heavy (non-hydrogen) atoms. The Labute approximate surface area is 117 Å². The highest BCUT2D eigenvalue weighted by atomic mass is 35.5. The van der Waals surface area contributed by atoms with Crippen molar-refractivity contribution in [1.82, 2.24) is 4.98 Å². The van der Waals surface area contributed by atoms with Crippen molar-refractivity contribution >= 4 is 23.4 Å². The van der Waals surface area contributed by atoms with Gasteiger partial charge in [0.15, 0.2) is 0 Å². The first-order valence-corrected chi connectivity index (χ1v) is 6.62. The molecule has 104 valence electrons. The summed E-state index contributed by atoms with van der Waals surface area (Å²) in [7, 11) is 1.72. The van der Waals surface area contributed by atoms with Crippen molar-refractivity contribution in [3.63, 3.8) is 0 Å². The molecule has 0 atom stereocenters. The average molecular weight is 285 g/mol. The first kappa shape index (κ1) is 14.1. The van der Waals surface area contributed by atoms with E-state index in [4.69, 9.17) is 21.4 Å². The highest BCUT2D eigenvalue weighted by molar-refractivity contribution is 6.33. The zero-order chi connectivity index (χ0) is 13.8. The Hall–Kier alpha value is -1.33. The number of rotatable bonds is 4. The van der Waals surface area contributed by atoms with Crippen LogP contribution in [0.3, 0.4) is 0 Å². The van der Waals surface area contributed by atoms with Crippen molar-refractivity contribution in [1.29, 1.82) is 0 Å². The Kier molecular flexibility index (Phi) is 4.61. The minimum Gasteiger partial charge on any atom is -0.478 e. The molecule has 2 rings (SSSR count). The molecule has 1 aromatic rings. The quantitative estimate of drug-likeness (QED) is 0.919. The summed E-state index contributed by atoms with van der Waals surface area (Å²) in [4.78, 5) is 17.1. The average Bonchev–Trinajstić information content (AvgIpc) is 2.40. The predicted molar refractivity (Wildman–Crippen MR) is 73.0 cm³/mol. The van der Waals surface area contributed by atoms with Crippen LogP contribution in [0.2, 0.25) is 5.02 Å². The Bertz CT molecular complexity index is 459. The van der Waals surface area contributed by atoms with E-state index in [0.717, 1.165) is 32.5 Å². The van der Waals surface area contributed by atoms with Gasteiger partial charge in [0.25, 0.3) is 0 Å². The molecule has 0 spiro atoms. The Morgan fingerprint density at radius 3 is 2.79 bits per heavy atom. The van der Waals surface area contributed by atoms with Crippen LogP contribution >= 0.6 is 11.6 Å². The van der Waals surface area contributed by atoms with Crippen LogP contribution in [0.1, 0.15) is 23.2 Å². The zero-order valence-electron chi connectivity index (χ0n) is 10.8. The lowest BCUT2D eigenvalue weighted by Crippen LogP contribution is -2.35. The van der Waals surface area contributed by atoms with Gasteiger partial charge >= 0.3 is 5.97 Å². The molecule has 1 saturated heterocycles. The highest BCUT2D eigenvalue weighted by Gasteiger charge is 2.22. The monoisotopic (exact) mass is 284 g/mol. The van der Waals surface area contributed by atoms with Crippen LogP contribution in [-0.4, -0.2) is 42.9 Å². The number of aromatic carboxylic acids is 1. The van der Waals surface area contributed by atoms with Gasteiger partial charge in [-0.1, -0.05) is 11.6 Å². The van der Waals surface area contributed by atoms with Gasteiger partial charge in [0.2, 0.25) is 0 Å². The molecule has 1 aromatic heterocycles. The lowest BCUT2D eigenvalue weighted by molar-refractivity contribution is 0.0696. The van der Waals surface area contributed by atoms with E-state index in [1.165, 1.54) is 12.3 Å². The van der Waals surface area contributed by atoms with Crippen LogP contribution in [0.5, 0.6) is 0 Å². The number of hydrogen-bond donors (Lipinski definition) is 1. The van der Waals surface area contributed by atoms with Crippen LogP contribution in [0.25, 0.3) is 0 Å². The molecule has 0 aliphatic carbocycles. The first-order chi connectivity index (χ1) is 9.11. The summed E-state index contributed by atoms with van der Waals surface area (Å²) in [6.45, 7) is 2.52. The number of carboxylic acid groups (broad SMARTS) is 1. The molecule has 0 saturated carbocycles. The predicted octanol–water partition coefficient (Wildman–Crippen LogP) is 2.30. The van der Waals surface area contributed by atoms with E-state index in [2.05, 4.69) is 9.88 Å². The highest BCUT2D eigenvalue weighted by Crippen LogP contribution is 2.28. The maximum absolute atomic E-state index is 10.8. The largest absolute Gasteiger partial charge is 0.478 e. The van der Waals surface area contributed by atoms with Crippen LogP contribution in [-0.2, 0) is 4.74 Å². The zero-order valence-corrected chi connectivity index (χ0v) is 11.6. The third-order valence-corrected chi connectivity index (χ3v) is 3.66. The Balaban J connectivity index is 2.05. The molecule has 5 nitrogen and oxygen atoms in total. The molecular formula is C13H17ClN2O3. The minimum atomic E-state index is -1.01. The topological polar surface area (TPSA) is 62.7 Å². The summed E-state index contributed by atoms with van der Waals surface area (Å²) in [5.41, 5.74) is 0.114. The van der Waals surface area contributed by atoms with Gasteiger partial charge in [-0.15, -0.1) is 0 Å². The van der Waals surface area contributed by atoms with Crippen molar-refractivity contribution in [3.05, 3.63) is 22.8 Å². The van der Waals surface area contributed by atoms with Crippen LogP contribution in [0.15, 0.2) is 12.3 Å². The molecule has 1 aliphatic heterocycles. The molecule has 0 unspecified atom stereocenters. The fraction of sp³-hybridized carbons (Fsp3) is 0.538. The lowest BCUT2D eigenvalue weighted by Gasteiger charge is -2.32. The number of carbonyl (C=O) groups is 1. The molecule has 0 bridgehead atoms. The minimum absolute atomic E-state index is 0.114. The fourth-order valence-electron chi connectivity index (χ4n) is 2.33. The number of nitrogens with zero attached hydrogens (tertiary/aromatic N) is 2. The van der Waals surface area contributed by atoms with Gasteiger partial charge in [-0.05, 0) is 24.8 Å². The standard InChI is InChI=1S/C13H17ClN2O3/c1-19-8-9-2-4-16(5-3-9)12-11(14)6-10(7-15-12)13(17)18/h6-7,9H,2-5,8H2,1H3,(H,17,18). The van der Waals surface area contributed by atoms with Crippen molar-refractivity contribution in [3.8, 4) is 0 Å². The number of piperidine rings is 1. The third-order valence-electron chi connectivity index (χ3n) is 3.39. The molecule has 0 amide bonds. The van der Waals surface area contributed by atoms with E-state index in [1.807, 2.05) is 0 Å². The van der Waals surface area contributed by atoms with Gasteiger partial charge in [-0.25, -0.2) is 9.78 Å². The molecule has 0 aromatic carbocycles. The SMILES string of the molecule is COCC1CCN(c2ncc(C(=O)O)cc2Cl)CC1. The number of methoxy groups -OCH3 is 1. The van der Waals surface area contributed by atoms with Gasteiger partial charge in [-0.2, -0.15) is 0 Å². The number of pyridine rings is 1.